The number of rotatable bonds is 3. The highest BCUT2D eigenvalue weighted by atomic mass is 32.2. The van der Waals surface area contributed by atoms with E-state index >= 15 is 0 Å². The summed E-state index contributed by atoms with van der Waals surface area (Å²) in [6.07, 6.45) is 0.837. The van der Waals surface area contributed by atoms with E-state index in [0.717, 1.165) is 33.0 Å². The number of amides is 2. The lowest BCUT2D eigenvalue weighted by Gasteiger charge is -2.43. The third-order valence-electron chi connectivity index (χ3n) is 9.19. The van der Waals surface area contributed by atoms with Crippen LogP contribution in [0.4, 0.5) is 10.1 Å². The van der Waals surface area contributed by atoms with Crippen molar-refractivity contribution in [2.45, 2.75) is 22.6 Å². The van der Waals surface area contributed by atoms with Gasteiger partial charge < -0.3 is 4.98 Å². The van der Waals surface area contributed by atoms with Gasteiger partial charge in [0.05, 0.1) is 22.5 Å². The van der Waals surface area contributed by atoms with E-state index in [1.54, 1.807) is 11.8 Å². The van der Waals surface area contributed by atoms with E-state index in [-0.39, 0.29) is 57.4 Å². The van der Waals surface area contributed by atoms with Crippen LogP contribution in [-0.2, 0) is 9.59 Å². The highest BCUT2D eigenvalue weighted by molar-refractivity contribution is 8.00. The van der Waals surface area contributed by atoms with Gasteiger partial charge in [-0.3, -0.25) is 19.3 Å². The summed E-state index contributed by atoms with van der Waals surface area (Å²) >= 11 is 2.95. The van der Waals surface area contributed by atoms with Crippen LogP contribution in [0.5, 0.6) is 0 Å². The van der Waals surface area contributed by atoms with E-state index < -0.39 is 5.82 Å². The number of fused-ring (bicyclic) bond motifs is 9. The van der Waals surface area contributed by atoms with Gasteiger partial charge in [0.2, 0.25) is 11.8 Å². The van der Waals surface area contributed by atoms with Crippen molar-refractivity contribution in [2.24, 2.45) is 29.6 Å². The molecule has 194 valence electrons. The molecule has 2 bridgehead atoms. The van der Waals surface area contributed by atoms with E-state index in [0.29, 0.717) is 5.69 Å². The minimum atomic E-state index is -0.401. The number of aromatic nitrogens is 1. The maximum absolute atomic E-state index is 13.8. The molecule has 2 aliphatic carbocycles. The average Bonchev–Trinajstić information content (AvgIpc) is 3.69. The molecule has 8 heteroatoms. The number of thioether (sulfide) groups is 1. The number of imide groups is 1. The summed E-state index contributed by atoms with van der Waals surface area (Å²) in [4.78, 5) is 45.3. The van der Waals surface area contributed by atoms with Crippen molar-refractivity contribution in [3.05, 3.63) is 105 Å². The number of hydrogen-bond acceptors (Lipinski definition) is 5. The van der Waals surface area contributed by atoms with E-state index in [2.05, 4.69) is 41.4 Å². The normalized spacial score (nSPS) is 30.4. The first-order valence-corrected chi connectivity index (χ1v) is 14.9. The lowest BCUT2D eigenvalue weighted by Crippen LogP contribution is -2.42. The number of H-pyrrole nitrogens is 1. The van der Waals surface area contributed by atoms with E-state index in [9.17, 15) is 18.8 Å². The van der Waals surface area contributed by atoms with Crippen LogP contribution >= 0.6 is 23.1 Å². The summed E-state index contributed by atoms with van der Waals surface area (Å²) in [7, 11) is 0. The Morgan fingerprint density at radius 3 is 2.18 bits per heavy atom. The van der Waals surface area contributed by atoms with Crippen molar-refractivity contribution < 1.29 is 14.0 Å². The highest BCUT2D eigenvalue weighted by Crippen LogP contribution is 2.68. The molecule has 4 aliphatic rings. The molecule has 1 aromatic heterocycles. The molecule has 5 nitrogen and oxygen atoms in total. The Kier molecular flexibility index (Phi) is 5.10. The zero-order valence-corrected chi connectivity index (χ0v) is 22.3. The first-order chi connectivity index (χ1) is 19.0. The lowest BCUT2D eigenvalue weighted by molar-refractivity contribution is -0.123. The van der Waals surface area contributed by atoms with Gasteiger partial charge in [-0.1, -0.05) is 65.9 Å². The third kappa shape index (κ3) is 3.34. The summed E-state index contributed by atoms with van der Waals surface area (Å²) < 4.78 is 13.6. The minimum absolute atomic E-state index is 0.0150. The summed E-state index contributed by atoms with van der Waals surface area (Å²) in [5.41, 5.74) is 3.85. The van der Waals surface area contributed by atoms with E-state index in [4.69, 9.17) is 0 Å². The number of carbonyl (C=O) groups is 2. The van der Waals surface area contributed by atoms with Crippen LogP contribution < -0.4 is 9.77 Å². The molecule has 2 aliphatic heterocycles. The van der Waals surface area contributed by atoms with Crippen molar-refractivity contribution in [2.75, 3.05) is 4.90 Å². The Morgan fingerprint density at radius 1 is 0.795 bits per heavy atom. The van der Waals surface area contributed by atoms with E-state index in [1.807, 2.05) is 18.2 Å². The molecule has 39 heavy (non-hydrogen) atoms. The van der Waals surface area contributed by atoms with Gasteiger partial charge in [0, 0.05) is 16.0 Å². The number of halogens is 1. The molecule has 5 unspecified atom stereocenters. The van der Waals surface area contributed by atoms with Gasteiger partial charge in [-0.25, -0.2) is 4.39 Å². The van der Waals surface area contributed by atoms with Crippen LogP contribution in [0, 0.1) is 35.4 Å². The Labute approximate surface area is 232 Å². The molecule has 4 aromatic rings. The molecule has 7 atom stereocenters. The number of nitrogens with one attached hydrogen (secondary N) is 1. The zero-order chi connectivity index (χ0) is 26.4. The second kappa shape index (κ2) is 8.50. The smallest absolute Gasteiger partial charge is 0.305 e. The van der Waals surface area contributed by atoms with Crippen LogP contribution in [0.25, 0.3) is 11.1 Å². The highest BCUT2D eigenvalue weighted by Gasteiger charge is 2.69. The van der Waals surface area contributed by atoms with Crippen molar-refractivity contribution in [1.29, 1.82) is 0 Å². The van der Waals surface area contributed by atoms with Crippen molar-refractivity contribution in [1.82, 2.24) is 4.98 Å². The Hall–Kier alpha value is -3.49. The standard InChI is InChI=1S/C31H23FN2O3S2/c32-18-10-12-19(13-11-18)34-29(35)24-20-14-21(25(24)30(34)36)26-23(20)22(27-28(38-26)33-31(37)39-27)17-8-6-16(7-9-17)15-4-2-1-3-5-15/h1-13,20-26H,14H2,(H,33,37)/t20-,21-,22?,23?,24?,25?,26?/m1/s1. The quantitative estimate of drug-likeness (QED) is 0.319. The van der Waals surface area contributed by atoms with Crippen LogP contribution in [-0.4, -0.2) is 22.0 Å². The molecule has 1 saturated heterocycles. The fourth-order valence-electron chi connectivity index (χ4n) is 7.75. The van der Waals surface area contributed by atoms with Crippen LogP contribution in [0.1, 0.15) is 22.8 Å². The van der Waals surface area contributed by atoms with Gasteiger partial charge in [-0.15, -0.1) is 11.8 Å². The van der Waals surface area contributed by atoms with Gasteiger partial charge in [0.1, 0.15) is 5.82 Å². The summed E-state index contributed by atoms with van der Waals surface area (Å²) in [5.74, 6) is -1.25. The molecule has 2 amide bonds. The summed E-state index contributed by atoms with van der Waals surface area (Å²) in [6.45, 7) is 0. The molecule has 1 N–H and O–H groups in total. The number of anilines is 1. The van der Waals surface area contributed by atoms with Gasteiger partial charge >= 0.3 is 4.87 Å². The fourth-order valence-corrected chi connectivity index (χ4v) is 10.6. The molecule has 0 spiro atoms. The molecular formula is C31H23FN2O3S2. The van der Waals surface area contributed by atoms with Crippen LogP contribution in [0.15, 0.2) is 88.7 Å². The van der Waals surface area contributed by atoms with Gasteiger partial charge in [-0.05, 0) is 65.1 Å². The molecule has 0 radical (unpaired) electrons. The third-order valence-corrected chi connectivity index (χ3v) is 11.8. The second-order valence-corrected chi connectivity index (χ2v) is 13.1. The van der Waals surface area contributed by atoms with E-state index in [1.165, 1.54) is 40.5 Å². The summed E-state index contributed by atoms with van der Waals surface area (Å²) in [6, 6.07) is 24.4. The maximum atomic E-state index is 13.8. The Balaban J connectivity index is 1.19. The Bertz CT molecular complexity index is 1680. The molecule has 3 aromatic carbocycles. The zero-order valence-electron chi connectivity index (χ0n) is 20.6. The fraction of sp³-hybridized carbons (Fsp3) is 0.258. The second-order valence-electron chi connectivity index (χ2n) is 10.9. The van der Waals surface area contributed by atoms with Crippen LogP contribution in [0.2, 0.25) is 0 Å². The number of carbonyl (C=O) groups excluding carboxylic acids is 2. The van der Waals surface area contributed by atoms with Gasteiger partial charge in [0.15, 0.2) is 0 Å². The van der Waals surface area contributed by atoms with Gasteiger partial charge in [-0.2, -0.15) is 0 Å². The summed E-state index contributed by atoms with van der Waals surface area (Å²) in [5, 5.41) is 1.04. The minimum Gasteiger partial charge on any atom is -0.307 e. The van der Waals surface area contributed by atoms with Crippen LogP contribution in [0.3, 0.4) is 0 Å². The molecule has 3 fully saturated rings. The van der Waals surface area contributed by atoms with Gasteiger partial charge in [0.25, 0.3) is 0 Å². The number of thiazole rings is 1. The average molecular weight is 555 g/mol. The number of benzene rings is 3. The molecule has 8 rings (SSSR count). The topological polar surface area (TPSA) is 70.2 Å². The first kappa shape index (κ1) is 23.4. The molecule has 2 saturated carbocycles. The molecule has 3 heterocycles. The maximum Gasteiger partial charge on any atom is 0.305 e. The monoisotopic (exact) mass is 554 g/mol. The largest absolute Gasteiger partial charge is 0.307 e. The lowest BCUT2D eigenvalue weighted by atomic mass is 9.68. The number of nitrogens with zero attached hydrogens (tertiary/aromatic N) is 1. The Morgan fingerprint density at radius 2 is 1.46 bits per heavy atom. The number of hydrogen-bond donors (Lipinski definition) is 1. The first-order valence-electron chi connectivity index (χ1n) is 13.2. The molecular weight excluding hydrogens is 531 g/mol. The number of aromatic amines is 1. The van der Waals surface area contributed by atoms with Crippen molar-refractivity contribution >= 4 is 40.6 Å². The predicted molar refractivity (Wildman–Crippen MR) is 149 cm³/mol. The SMILES string of the molecule is O=C1C2C(C(=O)N1c1ccc(F)cc1)[C@@H]1C[C@H]2C2Sc3[nH]c(=O)sc3C(c3ccc(-c4ccccc4)cc3)C21. The predicted octanol–water partition coefficient (Wildman–Crippen LogP) is 5.92. The van der Waals surface area contributed by atoms with Crippen molar-refractivity contribution in [3.8, 4) is 11.1 Å². The van der Waals surface area contributed by atoms with Crippen molar-refractivity contribution in [3.63, 3.8) is 0 Å².